The summed E-state index contributed by atoms with van der Waals surface area (Å²) in [6, 6.07) is 6.16. The Morgan fingerprint density at radius 1 is 1.33 bits per heavy atom. The van der Waals surface area contributed by atoms with E-state index in [0.29, 0.717) is 24.7 Å². The monoisotopic (exact) mass is 325 g/mol. The molecule has 1 amide bonds. The average Bonchev–Trinajstić information content (AvgIpc) is 3.29. The van der Waals surface area contributed by atoms with Gasteiger partial charge < -0.3 is 10.6 Å². The van der Waals surface area contributed by atoms with Gasteiger partial charge in [-0.1, -0.05) is 18.9 Å². The fraction of sp³-hybridized carbons (Fsp3) is 0.389. The number of aromatic nitrogens is 3. The van der Waals surface area contributed by atoms with E-state index < -0.39 is 0 Å². The molecule has 6 nitrogen and oxygen atoms in total. The molecular formula is C18H23N5O. The molecule has 1 saturated carbocycles. The first-order valence-corrected chi connectivity index (χ1v) is 8.39. The van der Waals surface area contributed by atoms with Crippen LogP contribution in [0.25, 0.3) is 0 Å². The molecule has 126 valence electrons. The second-order valence-corrected chi connectivity index (χ2v) is 6.01. The molecule has 24 heavy (non-hydrogen) atoms. The number of rotatable bonds is 7. The minimum atomic E-state index is -0.149. The molecule has 0 atom stereocenters. The van der Waals surface area contributed by atoms with Crippen LogP contribution in [0.5, 0.6) is 0 Å². The van der Waals surface area contributed by atoms with Crippen LogP contribution in [0.4, 0.5) is 5.82 Å². The van der Waals surface area contributed by atoms with Gasteiger partial charge in [0, 0.05) is 18.9 Å². The van der Waals surface area contributed by atoms with Crippen LogP contribution >= 0.6 is 0 Å². The molecule has 6 heteroatoms. The quantitative estimate of drug-likeness (QED) is 0.768. The third-order valence-corrected chi connectivity index (χ3v) is 4.25. The van der Waals surface area contributed by atoms with Crippen LogP contribution in [0.3, 0.4) is 0 Å². The number of hydrogen-bond acceptors (Lipinski definition) is 4. The van der Waals surface area contributed by atoms with E-state index in [4.69, 9.17) is 0 Å². The van der Waals surface area contributed by atoms with Crippen molar-refractivity contribution in [2.75, 3.05) is 11.9 Å². The van der Waals surface area contributed by atoms with E-state index in [0.717, 1.165) is 11.5 Å². The van der Waals surface area contributed by atoms with Crippen molar-refractivity contribution in [3.8, 4) is 0 Å². The van der Waals surface area contributed by atoms with Gasteiger partial charge in [0.1, 0.15) is 5.82 Å². The maximum Gasteiger partial charge on any atom is 0.253 e. The van der Waals surface area contributed by atoms with E-state index in [9.17, 15) is 4.79 Å². The van der Waals surface area contributed by atoms with Crippen LogP contribution in [-0.2, 0) is 6.54 Å². The van der Waals surface area contributed by atoms with Gasteiger partial charge in [0.2, 0.25) is 0 Å². The molecule has 1 aliphatic rings. The van der Waals surface area contributed by atoms with Gasteiger partial charge in [-0.2, -0.15) is 5.10 Å². The Kier molecular flexibility index (Phi) is 5.25. The zero-order valence-corrected chi connectivity index (χ0v) is 13.7. The molecule has 0 aliphatic heterocycles. The highest BCUT2D eigenvalue weighted by Gasteiger charge is 2.17. The van der Waals surface area contributed by atoms with Crippen LogP contribution < -0.4 is 10.6 Å². The van der Waals surface area contributed by atoms with Gasteiger partial charge >= 0.3 is 0 Å². The topological polar surface area (TPSA) is 71.8 Å². The molecular weight excluding hydrogens is 302 g/mol. The number of hydrogen-bond donors (Lipinski definition) is 2. The molecule has 2 aromatic rings. The van der Waals surface area contributed by atoms with E-state index in [1.54, 1.807) is 24.4 Å². The highest BCUT2D eigenvalue weighted by Crippen LogP contribution is 2.28. The van der Waals surface area contributed by atoms with E-state index in [1.807, 2.05) is 6.07 Å². The third-order valence-electron chi connectivity index (χ3n) is 4.25. The SMILES string of the molecule is C=CCNC(=O)c1ccc(NCc2ccn(C3CCCC3)n2)nc1. The summed E-state index contributed by atoms with van der Waals surface area (Å²) < 4.78 is 2.09. The summed E-state index contributed by atoms with van der Waals surface area (Å²) in [6.07, 6.45) is 10.3. The maximum absolute atomic E-state index is 11.8. The second-order valence-electron chi connectivity index (χ2n) is 6.01. The van der Waals surface area contributed by atoms with Crippen molar-refractivity contribution in [2.45, 2.75) is 38.3 Å². The standard InChI is InChI=1S/C18H23N5O/c1-2-10-19-18(24)14-7-8-17(20-12-14)21-13-15-9-11-23(22-15)16-5-3-4-6-16/h2,7-9,11-12,16H,1,3-6,10,13H2,(H,19,24)(H,20,21). The Hall–Kier alpha value is -2.63. The summed E-state index contributed by atoms with van der Waals surface area (Å²) in [7, 11) is 0. The molecule has 2 N–H and O–H groups in total. The Morgan fingerprint density at radius 3 is 2.88 bits per heavy atom. The maximum atomic E-state index is 11.8. The number of anilines is 1. The Bertz CT molecular complexity index is 686. The number of carbonyl (C=O) groups excluding carboxylic acids is 1. The third kappa shape index (κ3) is 4.01. The van der Waals surface area contributed by atoms with Gasteiger partial charge in [-0.25, -0.2) is 4.98 Å². The molecule has 1 aliphatic carbocycles. The lowest BCUT2D eigenvalue weighted by molar-refractivity contribution is 0.0957. The number of pyridine rings is 1. The summed E-state index contributed by atoms with van der Waals surface area (Å²) in [6.45, 7) is 4.64. The van der Waals surface area contributed by atoms with Crippen molar-refractivity contribution in [3.05, 3.63) is 54.5 Å². The van der Waals surface area contributed by atoms with Crippen LogP contribution in [0.15, 0.2) is 43.2 Å². The predicted octanol–water partition coefficient (Wildman–Crippen LogP) is 2.92. The van der Waals surface area contributed by atoms with Gasteiger partial charge in [-0.15, -0.1) is 6.58 Å². The Labute approximate surface area is 142 Å². The molecule has 0 radical (unpaired) electrons. The first-order valence-electron chi connectivity index (χ1n) is 8.39. The minimum absolute atomic E-state index is 0.149. The van der Waals surface area contributed by atoms with Crippen molar-refractivity contribution in [1.82, 2.24) is 20.1 Å². The zero-order valence-electron chi connectivity index (χ0n) is 13.7. The minimum Gasteiger partial charge on any atom is -0.364 e. The fourth-order valence-electron chi connectivity index (χ4n) is 2.92. The van der Waals surface area contributed by atoms with Crippen molar-refractivity contribution in [1.29, 1.82) is 0 Å². The number of amides is 1. The lowest BCUT2D eigenvalue weighted by Gasteiger charge is -2.09. The first-order chi connectivity index (χ1) is 11.8. The van der Waals surface area contributed by atoms with Crippen LogP contribution in [-0.4, -0.2) is 27.2 Å². The molecule has 0 aromatic carbocycles. The zero-order chi connectivity index (χ0) is 16.8. The Morgan fingerprint density at radius 2 is 2.17 bits per heavy atom. The van der Waals surface area contributed by atoms with Crippen molar-refractivity contribution >= 4 is 11.7 Å². The number of nitrogens with zero attached hydrogens (tertiary/aromatic N) is 3. The van der Waals surface area contributed by atoms with Gasteiger partial charge in [0.15, 0.2) is 0 Å². The summed E-state index contributed by atoms with van der Waals surface area (Å²) in [5.41, 5.74) is 1.53. The van der Waals surface area contributed by atoms with Gasteiger partial charge in [0.25, 0.3) is 5.91 Å². The van der Waals surface area contributed by atoms with Crippen molar-refractivity contribution in [3.63, 3.8) is 0 Å². The molecule has 2 heterocycles. The molecule has 0 saturated heterocycles. The highest BCUT2D eigenvalue weighted by molar-refractivity contribution is 5.94. The lowest BCUT2D eigenvalue weighted by Crippen LogP contribution is -2.23. The summed E-state index contributed by atoms with van der Waals surface area (Å²) in [5, 5.41) is 10.6. The van der Waals surface area contributed by atoms with Gasteiger partial charge in [-0.05, 0) is 31.0 Å². The van der Waals surface area contributed by atoms with Crippen molar-refractivity contribution in [2.24, 2.45) is 0 Å². The van der Waals surface area contributed by atoms with Gasteiger partial charge in [-0.3, -0.25) is 9.48 Å². The molecule has 0 spiro atoms. The normalized spacial score (nSPS) is 14.5. The average molecular weight is 325 g/mol. The van der Waals surface area contributed by atoms with E-state index in [2.05, 4.69) is 38.2 Å². The Balaban J connectivity index is 1.53. The summed E-state index contributed by atoms with van der Waals surface area (Å²) >= 11 is 0. The molecule has 3 rings (SSSR count). The van der Waals surface area contributed by atoms with Gasteiger partial charge in [0.05, 0.1) is 23.8 Å². The van der Waals surface area contributed by atoms with Crippen LogP contribution in [0, 0.1) is 0 Å². The number of nitrogens with one attached hydrogen (secondary N) is 2. The lowest BCUT2D eigenvalue weighted by atomic mass is 10.2. The second kappa shape index (κ2) is 7.77. The van der Waals surface area contributed by atoms with Crippen LogP contribution in [0.1, 0.15) is 47.8 Å². The molecule has 0 bridgehead atoms. The summed E-state index contributed by atoms with van der Waals surface area (Å²) in [4.78, 5) is 16.1. The largest absolute Gasteiger partial charge is 0.364 e. The van der Waals surface area contributed by atoms with Crippen molar-refractivity contribution < 1.29 is 4.79 Å². The van der Waals surface area contributed by atoms with E-state index in [-0.39, 0.29) is 5.91 Å². The fourth-order valence-corrected chi connectivity index (χ4v) is 2.92. The molecule has 1 fully saturated rings. The smallest absolute Gasteiger partial charge is 0.253 e. The molecule has 0 unspecified atom stereocenters. The first kappa shape index (κ1) is 16.2. The van der Waals surface area contributed by atoms with E-state index >= 15 is 0 Å². The van der Waals surface area contributed by atoms with E-state index in [1.165, 1.54) is 25.7 Å². The number of carbonyl (C=O) groups is 1. The predicted molar refractivity (Wildman–Crippen MR) is 93.8 cm³/mol. The van der Waals surface area contributed by atoms with Crippen LogP contribution in [0.2, 0.25) is 0 Å². The summed E-state index contributed by atoms with van der Waals surface area (Å²) in [5.74, 6) is 0.579. The highest BCUT2D eigenvalue weighted by atomic mass is 16.1. The molecule has 2 aromatic heterocycles.